The van der Waals surface area contributed by atoms with E-state index in [9.17, 15) is 4.79 Å². The van der Waals surface area contributed by atoms with Gasteiger partial charge in [-0.3, -0.25) is 9.69 Å². The number of carbonyl (C=O) groups excluding carboxylic acids is 1. The highest BCUT2D eigenvalue weighted by Crippen LogP contribution is 2.24. The predicted molar refractivity (Wildman–Crippen MR) is 117 cm³/mol. The molecule has 0 spiro atoms. The summed E-state index contributed by atoms with van der Waals surface area (Å²) in [6.07, 6.45) is 8.65. The third-order valence-electron chi connectivity index (χ3n) is 6.97. The van der Waals surface area contributed by atoms with E-state index >= 15 is 0 Å². The Balaban J connectivity index is 1.24. The smallest absolute Gasteiger partial charge is 0.253 e. The van der Waals surface area contributed by atoms with Gasteiger partial charge in [-0.2, -0.15) is 0 Å². The number of rotatable bonds is 5. The van der Waals surface area contributed by atoms with Gasteiger partial charge >= 0.3 is 0 Å². The lowest BCUT2D eigenvalue weighted by molar-refractivity contribution is 0.0441. The maximum absolute atomic E-state index is 12.6. The molecule has 4 rings (SSSR count). The quantitative estimate of drug-likeness (QED) is 0.757. The highest BCUT2D eigenvalue weighted by atomic mass is 16.5. The summed E-state index contributed by atoms with van der Waals surface area (Å²) in [7, 11) is 0. The van der Waals surface area contributed by atoms with Crippen LogP contribution in [0.5, 0.6) is 5.75 Å². The number of ether oxygens (including phenoxy) is 1. The topological polar surface area (TPSA) is 36.0 Å². The zero-order valence-corrected chi connectivity index (χ0v) is 18.0. The lowest BCUT2D eigenvalue weighted by Gasteiger charge is -2.42. The van der Waals surface area contributed by atoms with Crippen molar-refractivity contribution in [3.8, 4) is 5.75 Å². The van der Waals surface area contributed by atoms with Crippen LogP contribution in [0, 0.1) is 0 Å². The largest absolute Gasteiger partial charge is 0.490 e. The number of hydrogen-bond acceptors (Lipinski definition) is 4. The summed E-state index contributed by atoms with van der Waals surface area (Å²) in [4.78, 5) is 19.9. The van der Waals surface area contributed by atoms with Gasteiger partial charge in [-0.15, -0.1) is 0 Å². The zero-order valence-electron chi connectivity index (χ0n) is 18.0. The molecule has 1 aromatic carbocycles. The Hall–Kier alpha value is -1.59. The summed E-state index contributed by atoms with van der Waals surface area (Å²) in [5.41, 5.74) is 0.784. The van der Waals surface area contributed by atoms with Crippen LogP contribution >= 0.6 is 0 Å². The zero-order chi connectivity index (χ0) is 20.1. The molecule has 0 bridgehead atoms. The minimum atomic E-state index is 0.165. The van der Waals surface area contributed by atoms with Crippen molar-refractivity contribution in [1.29, 1.82) is 0 Å². The fourth-order valence-electron chi connectivity index (χ4n) is 5.12. The first-order chi connectivity index (χ1) is 14.2. The number of carbonyl (C=O) groups is 1. The van der Waals surface area contributed by atoms with E-state index in [0.29, 0.717) is 6.10 Å². The summed E-state index contributed by atoms with van der Waals surface area (Å²) in [5, 5.41) is 0. The first kappa shape index (κ1) is 20.7. The number of piperidine rings is 3. The van der Waals surface area contributed by atoms with E-state index in [2.05, 4.69) is 16.7 Å². The highest BCUT2D eigenvalue weighted by molar-refractivity contribution is 5.94. The Bertz CT molecular complexity index is 649. The molecule has 3 heterocycles. The summed E-state index contributed by atoms with van der Waals surface area (Å²) < 4.78 is 6.25. The molecule has 3 fully saturated rings. The third-order valence-corrected chi connectivity index (χ3v) is 6.97. The predicted octanol–water partition coefficient (Wildman–Crippen LogP) is 3.64. The van der Waals surface area contributed by atoms with Gasteiger partial charge in [-0.25, -0.2) is 0 Å². The molecular formula is C24H37N3O2. The number of hydrogen-bond donors (Lipinski definition) is 0. The van der Waals surface area contributed by atoms with E-state index in [1.54, 1.807) is 0 Å². The van der Waals surface area contributed by atoms with E-state index in [0.717, 1.165) is 69.2 Å². The van der Waals surface area contributed by atoms with Gasteiger partial charge in [0.15, 0.2) is 0 Å². The average Bonchev–Trinajstić information content (AvgIpc) is 2.80. The first-order valence-electron chi connectivity index (χ1n) is 11.8. The number of likely N-dealkylation sites (tertiary alicyclic amines) is 3. The Morgan fingerprint density at radius 1 is 0.931 bits per heavy atom. The van der Waals surface area contributed by atoms with E-state index in [1.807, 2.05) is 29.2 Å². The van der Waals surface area contributed by atoms with Crippen LogP contribution in [0.1, 0.15) is 62.2 Å². The maximum Gasteiger partial charge on any atom is 0.253 e. The Morgan fingerprint density at radius 2 is 1.66 bits per heavy atom. The molecule has 3 aliphatic heterocycles. The van der Waals surface area contributed by atoms with Crippen molar-refractivity contribution in [2.45, 2.75) is 64.0 Å². The van der Waals surface area contributed by atoms with Gasteiger partial charge in [0.2, 0.25) is 0 Å². The SMILES string of the molecule is CCN1CCCC(N2CCC(Oc3ccc(C(=O)N4CCCCC4)cc3)CC2)C1. The number of benzene rings is 1. The summed E-state index contributed by atoms with van der Waals surface area (Å²) in [6.45, 7) is 10.0. The van der Waals surface area contributed by atoms with Crippen molar-refractivity contribution in [3.63, 3.8) is 0 Å². The number of amides is 1. The van der Waals surface area contributed by atoms with Crippen LogP contribution in [0.25, 0.3) is 0 Å². The van der Waals surface area contributed by atoms with Gasteiger partial charge in [-0.05, 0) is 82.3 Å². The van der Waals surface area contributed by atoms with Crippen molar-refractivity contribution in [2.24, 2.45) is 0 Å². The Morgan fingerprint density at radius 3 is 2.34 bits per heavy atom. The van der Waals surface area contributed by atoms with Gasteiger partial charge in [0.05, 0.1) is 0 Å². The molecule has 5 nitrogen and oxygen atoms in total. The van der Waals surface area contributed by atoms with Gasteiger partial charge in [-0.1, -0.05) is 6.92 Å². The average molecular weight is 400 g/mol. The second kappa shape index (κ2) is 9.94. The Kier molecular flexibility index (Phi) is 7.09. The first-order valence-corrected chi connectivity index (χ1v) is 11.8. The molecule has 160 valence electrons. The molecule has 3 aliphatic rings. The Labute approximate surface area is 176 Å². The van der Waals surface area contributed by atoms with Crippen LogP contribution < -0.4 is 4.74 Å². The van der Waals surface area contributed by atoms with Crippen LogP contribution in [0.3, 0.4) is 0 Å². The second-order valence-electron chi connectivity index (χ2n) is 8.92. The fraction of sp³-hybridized carbons (Fsp3) is 0.708. The molecule has 29 heavy (non-hydrogen) atoms. The molecule has 5 heteroatoms. The molecule has 0 aliphatic carbocycles. The summed E-state index contributed by atoms with van der Waals surface area (Å²) in [6, 6.07) is 8.55. The van der Waals surface area contributed by atoms with Crippen LogP contribution in [-0.4, -0.2) is 78.6 Å². The molecule has 1 unspecified atom stereocenters. The molecule has 0 N–H and O–H groups in total. The molecule has 3 saturated heterocycles. The molecule has 0 radical (unpaired) electrons. The van der Waals surface area contributed by atoms with E-state index < -0.39 is 0 Å². The normalized spacial score (nSPS) is 25.1. The number of likely N-dealkylation sites (N-methyl/N-ethyl adjacent to an activating group) is 1. The van der Waals surface area contributed by atoms with E-state index in [-0.39, 0.29) is 5.91 Å². The monoisotopic (exact) mass is 399 g/mol. The summed E-state index contributed by atoms with van der Waals surface area (Å²) in [5.74, 6) is 1.06. The van der Waals surface area contributed by atoms with Gasteiger partial charge in [0.1, 0.15) is 11.9 Å². The van der Waals surface area contributed by atoms with Crippen LogP contribution in [-0.2, 0) is 0 Å². The van der Waals surface area contributed by atoms with Crippen LogP contribution in [0.2, 0.25) is 0 Å². The highest BCUT2D eigenvalue weighted by Gasteiger charge is 2.29. The summed E-state index contributed by atoms with van der Waals surface area (Å²) >= 11 is 0. The second-order valence-corrected chi connectivity index (χ2v) is 8.92. The molecule has 0 saturated carbocycles. The maximum atomic E-state index is 12.6. The van der Waals surface area contributed by atoms with Crippen molar-refractivity contribution in [1.82, 2.24) is 14.7 Å². The fourth-order valence-corrected chi connectivity index (χ4v) is 5.12. The van der Waals surface area contributed by atoms with Crippen molar-refractivity contribution in [3.05, 3.63) is 29.8 Å². The third kappa shape index (κ3) is 5.32. The van der Waals surface area contributed by atoms with Gasteiger partial charge in [0, 0.05) is 44.3 Å². The van der Waals surface area contributed by atoms with Crippen LogP contribution in [0.15, 0.2) is 24.3 Å². The molecule has 1 atom stereocenters. The molecule has 1 aromatic rings. The molecule has 1 amide bonds. The lowest BCUT2D eigenvalue weighted by Crippen LogP contribution is -2.51. The van der Waals surface area contributed by atoms with E-state index in [4.69, 9.17) is 4.74 Å². The van der Waals surface area contributed by atoms with Crippen molar-refractivity contribution < 1.29 is 9.53 Å². The van der Waals surface area contributed by atoms with E-state index in [1.165, 1.54) is 38.9 Å². The van der Waals surface area contributed by atoms with Crippen molar-refractivity contribution >= 4 is 5.91 Å². The van der Waals surface area contributed by atoms with Crippen molar-refractivity contribution in [2.75, 3.05) is 45.8 Å². The minimum absolute atomic E-state index is 0.165. The minimum Gasteiger partial charge on any atom is -0.490 e. The molecular weight excluding hydrogens is 362 g/mol. The molecule has 0 aromatic heterocycles. The number of nitrogens with zero attached hydrogens (tertiary/aromatic N) is 3. The lowest BCUT2D eigenvalue weighted by atomic mass is 9.99. The van der Waals surface area contributed by atoms with Crippen LogP contribution in [0.4, 0.5) is 0 Å². The van der Waals surface area contributed by atoms with Gasteiger partial charge in [0.25, 0.3) is 5.91 Å². The standard InChI is InChI=1S/C24H37N3O2/c1-2-25-14-6-7-21(19-25)26-17-12-23(13-18-26)29-22-10-8-20(9-11-22)24(28)27-15-4-3-5-16-27/h8-11,21,23H,2-7,12-19H2,1H3. The van der Waals surface area contributed by atoms with Gasteiger partial charge < -0.3 is 14.5 Å².